The second-order valence-corrected chi connectivity index (χ2v) is 3.52. The third-order valence-corrected chi connectivity index (χ3v) is 1.69. The molecule has 0 amide bonds. The molecule has 0 aliphatic heterocycles. The van der Waals surface area contributed by atoms with Gasteiger partial charge in [-0.25, -0.2) is 14.4 Å². The van der Waals surface area contributed by atoms with Crippen LogP contribution in [0.1, 0.15) is 0 Å². The standard InChI is InChI=1S/C9H15FN4O/c1-14(2)6-8(15)5-13-9-11-3-7(10)4-12-9/h3-4,8,15H,5-6H2,1-2H3,(H,11,12,13). The molecule has 6 heteroatoms. The van der Waals surface area contributed by atoms with Gasteiger partial charge in [0.15, 0.2) is 5.82 Å². The minimum atomic E-state index is -0.506. The van der Waals surface area contributed by atoms with Gasteiger partial charge >= 0.3 is 0 Å². The first-order chi connectivity index (χ1) is 7.08. The zero-order valence-corrected chi connectivity index (χ0v) is 8.81. The highest BCUT2D eigenvalue weighted by molar-refractivity contribution is 5.22. The summed E-state index contributed by atoms with van der Waals surface area (Å²) in [5, 5.41) is 12.3. The van der Waals surface area contributed by atoms with Crippen LogP contribution in [0.25, 0.3) is 0 Å². The predicted molar refractivity (Wildman–Crippen MR) is 55.0 cm³/mol. The van der Waals surface area contributed by atoms with Crippen LogP contribution in [0.5, 0.6) is 0 Å². The van der Waals surface area contributed by atoms with Crippen molar-refractivity contribution in [3.63, 3.8) is 0 Å². The first-order valence-electron chi connectivity index (χ1n) is 4.62. The van der Waals surface area contributed by atoms with E-state index in [2.05, 4.69) is 15.3 Å². The van der Waals surface area contributed by atoms with Crippen molar-refractivity contribution in [3.8, 4) is 0 Å². The van der Waals surface area contributed by atoms with Gasteiger partial charge in [0.2, 0.25) is 5.95 Å². The van der Waals surface area contributed by atoms with Crippen molar-refractivity contribution in [2.45, 2.75) is 6.10 Å². The number of nitrogens with zero attached hydrogens (tertiary/aromatic N) is 3. The van der Waals surface area contributed by atoms with E-state index in [4.69, 9.17) is 0 Å². The van der Waals surface area contributed by atoms with Crippen molar-refractivity contribution in [3.05, 3.63) is 18.2 Å². The summed E-state index contributed by atoms with van der Waals surface area (Å²) in [6, 6.07) is 0. The molecular formula is C9H15FN4O. The van der Waals surface area contributed by atoms with Gasteiger partial charge in [0.1, 0.15) is 0 Å². The third kappa shape index (κ3) is 4.66. The monoisotopic (exact) mass is 214 g/mol. The predicted octanol–water partition coefficient (Wildman–Crippen LogP) is -0.0499. The lowest BCUT2D eigenvalue weighted by molar-refractivity contribution is 0.148. The van der Waals surface area contributed by atoms with Gasteiger partial charge in [-0.3, -0.25) is 0 Å². The molecule has 1 aromatic heterocycles. The van der Waals surface area contributed by atoms with E-state index in [0.717, 1.165) is 12.4 Å². The molecule has 1 rings (SSSR count). The quantitative estimate of drug-likeness (QED) is 0.719. The lowest BCUT2D eigenvalue weighted by Crippen LogP contribution is -2.31. The van der Waals surface area contributed by atoms with Crippen LogP contribution in [0, 0.1) is 5.82 Å². The number of anilines is 1. The van der Waals surface area contributed by atoms with E-state index in [1.807, 2.05) is 19.0 Å². The Balaban J connectivity index is 2.33. The lowest BCUT2D eigenvalue weighted by atomic mass is 10.3. The van der Waals surface area contributed by atoms with Crippen molar-refractivity contribution in [1.82, 2.24) is 14.9 Å². The SMILES string of the molecule is CN(C)CC(O)CNc1ncc(F)cn1. The maximum absolute atomic E-state index is 12.4. The number of halogens is 1. The Bertz CT molecular complexity index is 291. The lowest BCUT2D eigenvalue weighted by Gasteiger charge is -2.16. The molecule has 0 aliphatic rings. The molecule has 0 fully saturated rings. The molecular weight excluding hydrogens is 199 g/mol. The highest BCUT2D eigenvalue weighted by atomic mass is 19.1. The molecule has 0 saturated heterocycles. The Labute approximate surface area is 88.0 Å². The summed E-state index contributed by atoms with van der Waals surface area (Å²) in [6.45, 7) is 0.887. The molecule has 5 nitrogen and oxygen atoms in total. The van der Waals surface area contributed by atoms with Crippen LogP contribution >= 0.6 is 0 Å². The zero-order valence-electron chi connectivity index (χ0n) is 8.81. The van der Waals surface area contributed by atoms with Gasteiger partial charge in [-0.2, -0.15) is 0 Å². The number of aliphatic hydroxyl groups excluding tert-OH is 1. The van der Waals surface area contributed by atoms with Crippen LogP contribution in [0.15, 0.2) is 12.4 Å². The summed E-state index contributed by atoms with van der Waals surface area (Å²) in [7, 11) is 3.75. The summed E-state index contributed by atoms with van der Waals surface area (Å²) in [5.74, 6) is -0.163. The molecule has 1 aromatic rings. The Kier molecular flexibility index (Phi) is 4.38. The molecule has 1 atom stereocenters. The van der Waals surface area contributed by atoms with Gasteiger partial charge in [0, 0.05) is 13.1 Å². The molecule has 2 N–H and O–H groups in total. The van der Waals surface area contributed by atoms with Crippen molar-refractivity contribution in [2.24, 2.45) is 0 Å². The van der Waals surface area contributed by atoms with E-state index in [-0.39, 0.29) is 0 Å². The van der Waals surface area contributed by atoms with Crippen LogP contribution in [-0.2, 0) is 0 Å². The first kappa shape index (κ1) is 11.8. The normalized spacial score (nSPS) is 12.9. The Morgan fingerprint density at radius 3 is 2.60 bits per heavy atom. The second kappa shape index (κ2) is 5.57. The van der Waals surface area contributed by atoms with E-state index in [1.54, 1.807) is 0 Å². The zero-order chi connectivity index (χ0) is 11.3. The van der Waals surface area contributed by atoms with Crippen molar-refractivity contribution in [1.29, 1.82) is 0 Å². The van der Waals surface area contributed by atoms with Crippen LogP contribution in [0.2, 0.25) is 0 Å². The molecule has 0 radical (unpaired) electrons. The molecule has 0 saturated carbocycles. The molecule has 0 bridgehead atoms. The van der Waals surface area contributed by atoms with Gasteiger partial charge < -0.3 is 15.3 Å². The van der Waals surface area contributed by atoms with Crippen LogP contribution in [-0.4, -0.2) is 53.3 Å². The minimum Gasteiger partial charge on any atom is -0.390 e. The van der Waals surface area contributed by atoms with Crippen LogP contribution in [0.4, 0.5) is 10.3 Å². The Hall–Kier alpha value is -1.27. The Morgan fingerprint density at radius 1 is 1.47 bits per heavy atom. The van der Waals surface area contributed by atoms with E-state index < -0.39 is 11.9 Å². The van der Waals surface area contributed by atoms with E-state index in [1.165, 1.54) is 0 Å². The van der Waals surface area contributed by atoms with Gasteiger partial charge in [0.25, 0.3) is 0 Å². The summed E-state index contributed by atoms with van der Waals surface area (Å²) in [4.78, 5) is 9.29. The maximum atomic E-state index is 12.4. The number of hydrogen-bond donors (Lipinski definition) is 2. The topological polar surface area (TPSA) is 61.3 Å². The van der Waals surface area contributed by atoms with E-state index >= 15 is 0 Å². The molecule has 84 valence electrons. The van der Waals surface area contributed by atoms with Crippen LogP contribution < -0.4 is 5.32 Å². The van der Waals surface area contributed by atoms with Gasteiger partial charge in [-0.1, -0.05) is 0 Å². The summed E-state index contributed by atoms with van der Waals surface area (Å²) >= 11 is 0. The highest BCUT2D eigenvalue weighted by Gasteiger charge is 2.05. The maximum Gasteiger partial charge on any atom is 0.222 e. The molecule has 1 heterocycles. The van der Waals surface area contributed by atoms with Crippen molar-refractivity contribution >= 4 is 5.95 Å². The highest BCUT2D eigenvalue weighted by Crippen LogP contribution is 1.98. The fourth-order valence-electron chi connectivity index (χ4n) is 1.10. The van der Waals surface area contributed by atoms with Crippen molar-refractivity contribution in [2.75, 3.05) is 32.5 Å². The van der Waals surface area contributed by atoms with Crippen molar-refractivity contribution < 1.29 is 9.50 Å². The molecule has 0 spiro atoms. The van der Waals surface area contributed by atoms with Gasteiger partial charge in [-0.05, 0) is 14.1 Å². The third-order valence-electron chi connectivity index (χ3n) is 1.69. The van der Waals surface area contributed by atoms with Gasteiger partial charge in [-0.15, -0.1) is 0 Å². The number of aromatic nitrogens is 2. The number of likely N-dealkylation sites (N-methyl/N-ethyl adjacent to an activating group) is 1. The summed E-state index contributed by atoms with van der Waals surface area (Å²) in [5.41, 5.74) is 0. The molecule has 0 aromatic carbocycles. The summed E-state index contributed by atoms with van der Waals surface area (Å²) < 4.78 is 12.4. The molecule has 0 aliphatic carbocycles. The fourth-order valence-corrected chi connectivity index (χ4v) is 1.10. The second-order valence-electron chi connectivity index (χ2n) is 3.52. The molecule has 15 heavy (non-hydrogen) atoms. The minimum absolute atomic E-state index is 0.314. The fraction of sp³-hybridized carbons (Fsp3) is 0.556. The van der Waals surface area contributed by atoms with E-state index in [0.29, 0.717) is 19.0 Å². The number of hydrogen-bond acceptors (Lipinski definition) is 5. The van der Waals surface area contributed by atoms with Gasteiger partial charge in [0.05, 0.1) is 18.5 Å². The number of aliphatic hydroxyl groups is 1. The number of rotatable bonds is 5. The Morgan fingerprint density at radius 2 is 2.07 bits per heavy atom. The first-order valence-corrected chi connectivity index (χ1v) is 4.62. The smallest absolute Gasteiger partial charge is 0.222 e. The van der Waals surface area contributed by atoms with E-state index in [9.17, 15) is 9.50 Å². The van der Waals surface area contributed by atoms with Crippen LogP contribution in [0.3, 0.4) is 0 Å². The average Bonchev–Trinajstić information content (AvgIpc) is 2.16. The number of nitrogens with one attached hydrogen (secondary N) is 1. The molecule has 1 unspecified atom stereocenters. The average molecular weight is 214 g/mol. The largest absolute Gasteiger partial charge is 0.390 e. The summed E-state index contributed by atoms with van der Waals surface area (Å²) in [6.07, 6.45) is 1.65.